The van der Waals surface area contributed by atoms with Crippen LogP contribution in [0.1, 0.15) is 12.1 Å². The summed E-state index contributed by atoms with van der Waals surface area (Å²) in [7, 11) is 0. The van der Waals surface area contributed by atoms with Crippen molar-refractivity contribution < 1.29 is 9.53 Å². The summed E-state index contributed by atoms with van der Waals surface area (Å²) < 4.78 is 7.06. The van der Waals surface area contributed by atoms with Crippen LogP contribution in [-0.4, -0.2) is 43.6 Å². The minimum atomic E-state index is -0.167. The third-order valence-electron chi connectivity index (χ3n) is 4.14. The first-order valence-corrected chi connectivity index (χ1v) is 8.59. The number of ether oxygens (including phenoxy) is 1. The topological polar surface area (TPSA) is 94.8 Å². The van der Waals surface area contributed by atoms with Crippen LogP contribution in [-0.2, 0) is 16.1 Å². The Kier molecular flexibility index (Phi) is 4.97. The van der Waals surface area contributed by atoms with Gasteiger partial charge in [-0.1, -0.05) is 6.08 Å². The Morgan fingerprint density at radius 1 is 1.15 bits per heavy atom. The highest BCUT2D eigenvalue weighted by molar-refractivity contribution is 5.89. The number of hydrogen-bond donors (Lipinski definition) is 1. The van der Waals surface area contributed by atoms with Crippen LogP contribution in [0.4, 0.5) is 5.82 Å². The molecule has 0 bridgehead atoms. The number of pyridine rings is 1. The highest BCUT2D eigenvalue weighted by Crippen LogP contribution is 2.19. The summed E-state index contributed by atoms with van der Waals surface area (Å²) in [6, 6.07) is 3.59. The number of rotatable bonds is 5. The number of hydrogen-bond acceptors (Lipinski definition) is 6. The zero-order valence-corrected chi connectivity index (χ0v) is 14.6. The highest BCUT2D eigenvalue weighted by Gasteiger charge is 2.11. The number of imidazole rings is 1. The minimum absolute atomic E-state index is 0.167. The quantitative estimate of drug-likeness (QED) is 0.747. The van der Waals surface area contributed by atoms with Crippen LogP contribution >= 0.6 is 0 Å². The molecule has 27 heavy (non-hydrogen) atoms. The fourth-order valence-corrected chi connectivity index (χ4v) is 2.79. The van der Waals surface area contributed by atoms with E-state index >= 15 is 0 Å². The Morgan fingerprint density at radius 2 is 2.11 bits per heavy atom. The lowest BCUT2D eigenvalue weighted by Crippen LogP contribution is -2.18. The van der Waals surface area contributed by atoms with E-state index in [1.165, 1.54) is 0 Å². The van der Waals surface area contributed by atoms with E-state index in [9.17, 15) is 4.79 Å². The van der Waals surface area contributed by atoms with Gasteiger partial charge in [0.05, 0.1) is 37.1 Å². The van der Waals surface area contributed by atoms with Crippen LogP contribution in [0.25, 0.3) is 16.8 Å². The van der Waals surface area contributed by atoms with Gasteiger partial charge in [0, 0.05) is 30.4 Å². The Labute approximate surface area is 156 Å². The van der Waals surface area contributed by atoms with Gasteiger partial charge in [0.2, 0.25) is 5.91 Å². The lowest BCUT2D eigenvalue weighted by molar-refractivity contribution is -0.116. The molecule has 0 saturated carbocycles. The van der Waals surface area contributed by atoms with Crippen molar-refractivity contribution in [3.8, 4) is 11.3 Å². The second-order valence-corrected chi connectivity index (χ2v) is 6.06. The van der Waals surface area contributed by atoms with E-state index in [0.717, 1.165) is 28.9 Å². The molecule has 8 heteroatoms. The number of anilines is 1. The molecule has 0 saturated heterocycles. The summed E-state index contributed by atoms with van der Waals surface area (Å²) >= 11 is 0. The summed E-state index contributed by atoms with van der Waals surface area (Å²) in [5.74, 6) is 0.319. The summed E-state index contributed by atoms with van der Waals surface area (Å²) in [6.07, 6.45) is 13.0. The van der Waals surface area contributed by atoms with E-state index in [2.05, 4.69) is 25.3 Å². The Bertz CT molecular complexity index is 950. The summed E-state index contributed by atoms with van der Waals surface area (Å²) in [4.78, 5) is 29.2. The maximum atomic E-state index is 12.3. The van der Waals surface area contributed by atoms with Gasteiger partial charge in [0.15, 0.2) is 0 Å². The van der Waals surface area contributed by atoms with Gasteiger partial charge in [-0.05, 0) is 24.1 Å². The van der Waals surface area contributed by atoms with Crippen LogP contribution < -0.4 is 5.32 Å². The van der Waals surface area contributed by atoms with Crippen molar-refractivity contribution in [1.29, 1.82) is 0 Å². The molecule has 0 aromatic carbocycles. The largest absolute Gasteiger partial charge is 0.377 e. The van der Waals surface area contributed by atoms with Crippen LogP contribution in [0.5, 0.6) is 0 Å². The molecule has 0 unspecified atom stereocenters. The molecule has 0 radical (unpaired) electrons. The molecule has 0 fully saturated rings. The molecule has 4 rings (SSSR count). The van der Waals surface area contributed by atoms with Crippen LogP contribution in [0.15, 0.2) is 55.5 Å². The molecule has 1 aliphatic heterocycles. The number of amides is 1. The van der Waals surface area contributed by atoms with Crippen LogP contribution in [0.3, 0.4) is 0 Å². The van der Waals surface area contributed by atoms with Crippen LogP contribution in [0.2, 0.25) is 0 Å². The predicted octanol–water partition coefficient (Wildman–Crippen LogP) is 2.18. The van der Waals surface area contributed by atoms with Crippen molar-refractivity contribution in [2.75, 3.05) is 18.5 Å². The maximum Gasteiger partial charge on any atom is 0.245 e. The van der Waals surface area contributed by atoms with Crippen molar-refractivity contribution in [3.63, 3.8) is 0 Å². The fraction of sp³-hybridized carbons (Fsp3) is 0.211. The summed E-state index contributed by atoms with van der Waals surface area (Å²) in [5.41, 5.74) is 3.61. The molecule has 1 amide bonds. The van der Waals surface area contributed by atoms with E-state index in [1.807, 2.05) is 18.3 Å². The van der Waals surface area contributed by atoms with Crippen molar-refractivity contribution in [2.45, 2.75) is 13.0 Å². The zero-order valence-electron chi connectivity index (χ0n) is 14.6. The Hall–Kier alpha value is -3.39. The monoisotopic (exact) mass is 362 g/mol. The molecule has 8 nitrogen and oxygen atoms in total. The van der Waals surface area contributed by atoms with Gasteiger partial charge < -0.3 is 14.6 Å². The maximum absolute atomic E-state index is 12.3. The van der Waals surface area contributed by atoms with E-state index in [-0.39, 0.29) is 12.5 Å². The number of carbonyl (C=O) groups excluding carboxylic acids is 1. The molecular weight excluding hydrogens is 344 g/mol. The van der Waals surface area contributed by atoms with Crippen molar-refractivity contribution in [3.05, 3.63) is 61.2 Å². The molecule has 4 heterocycles. The molecule has 3 aromatic heterocycles. The second kappa shape index (κ2) is 7.88. The third kappa shape index (κ3) is 4.24. The lowest BCUT2D eigenvalue weighted by Gasteiger charge is -2.11. The van der Waals surface area contributed by atoms with Gasteiger partial charge >= 0.3 is 0 Å². The number of carbonyl (C=O) groups is 1. The molecule has 0 aliphatic carbocycles. The number of nitrogens with one attached hydrogen (secondary N) is 1. The molecule has 1 N–H and O–H groups in total. The molecule has 1 aliphatic rings. The predicted molar refractivity (Wildman–Crippen MR) is 99.5 cm³/mol. The van der Waals surface area contributed by atoms with Crippen molar-refractivity contribution >= 4 is 17.3 Å². The van der Waals surface area contributed by atoms with Crippen molar-refractivity contribution in [1.82, 2.24) is 24.5 Å². The molecule has 136 valence electrons. The standard InChI is InChI=1S/C19H18N6O2/c26-19(12-25-11-17(23-13-25)14-3-7-27-8-4-14)24-18-2-1-15(9-22-18)16-10-20-5-6-21-16/h1-3,5-6,9-11,13H,4,7-8,12H2,(H,22,24,26). The Morgan fingerprint density at radius 3 is 2.85 bits per heavy atom. The van der Waals surface area contributed by atoms with Gasteiger partial charge in [0.25, 0.3) is 0 Å². The summed E-state index contributed by atoms with van der Waals surface area (Å²) in [6.45, 7) is 1.48. The van der Waals surface area contributed by atoms with Gasteiger partial charge in [-0.25, -0.2) is 9.97 Å². The first-order valence-electron chi connectivity index (χ1n) is 8.59. The second-order valence-electron chi connectivity index (χ2n) is 6.06. The molecule has 0 atom stereocenters. The molecule has 0 spiro atoms. The fourth-order valence-electron chi connectivity index (χ4n) is 2.79. The van der Waals surface area contributed by atoms with E-state index in [0.29, 0.717) is 19.0 Å². The normalized spacial score (nSPS) is 13.9. The van der Waals surface area contributed by atoms with Crippen LogP contribution in [0, 0.1) is 0 Å². The summed E-state index contributed by atoms with van der Waals surface area (Å²) in [5, 5.41) is 2.79. The zero-order chi connectivity index (χ0) is 18.5. The smallest absolute Gasteiger partial charge is 0.245 e. The third-order valence-corrected chi connectivity index (χ3v) is 4.14. The van der Waals surface area contributed by atoms with Gasteiger partial charge in [0.1, 0.15) is 12.4 Å². The first kappa shape index (κ1) is 17.0. The minimum Gasteiger partial charge on any atom is -0.377 e. The van der Waals surface area contributed by atoms with Crippen molar-refractivity contribution in [2.24, 2.45) is 0 Å². The highest BCUT2D eigenvalue weighted by atomic mass is 16.5. The van der Waals surface area contributed by atoms with Gasteiger partial charge in [-0.2, -0.15) is 0 Å². The average molecular weight is 362 g/mol. The number of nitrogens with zero attached hydrogens (tertiary/aromatic N) is 5. The molecular formula is C19H18N6O2. The Balaban J connectivity index is 1.37. The van der Waals surface area contributed by atoms with E-state index < -0.39 is 0 Å². The van der Waals surface area contributed by atoms with Gasteiger partial charge in [-0.15, -0.1) is 0 Å². The first-order chi connectivity index (χ1) is 13.3. The SMILES string of the molecule is O=C(Cn1cnc(C2=CCOCC2)c1)Nc1ccc(-c2cnccn2)cn1. The molecule has 3 aromatic rings. The van der Waals surface area contributed by atoms with E-state index in [4.69, 9.17) is 4.74 Å². The average Bonchev–Trinajstić information content (AvgIpc) is 3.18. The van der Waals surface area contributed by atoms with Gasteiger partial charge in [-0.3, -0.25) is 14.8 Å². The van der Waals surface area contributed by atoms with E-state index in [1.54, 1.807) is 41.7 Å². The lowest BCUT2D eigenvalue weighted by atomic mass is 10.1. The number of aromatic nitrogens is 5.